The van der Waals surface area contributed by atoms with Crippen LogP contribution in [0.15, 0.2) is 0 Å². The van der Waals surface area contributed by atoms with Crippen LogP contribution in [0.25, 0.3) is 0 Å². The van der Waals surface area contributed by atoms with Gasteiger partial charge in [0.1, 0.15) is 0 Å². The predicted octanol–water partition coefficient (Wildman–Crippen LogP) is 0.125. The molecule has 12 heavy (non-hydrogen) atoms. The first-order chi connectivity index (χ1) is 5.61. The number of hydrogen-bond acceptors (Lipinski definition) is 2. The van der Waals surface area contributed by atoms with Crippen LogP contribution in [0.5, 0.6) is 0 Å². The summed E-state index contributed by atoms with van der Waals surface area (Å²) in [7, 11) is 1.79. The van der Waals surface area contributed by atoms with Gasteiger partial charge >= 0.3 is 6.03 Å². The lowest BCUT2D eigenvalue weighted by Gasteiger charge is -2.33. The van der Waals surface area contributed by atoms with E-state index in [2.05, 4.69) is 0 Å². The van der Waals surface area contributed by atoms with Crippen LogP contribution in [0.3, 0.4) is 0 Å². The van der Waals surface area contributed by atoms with E-state index in [-0.39, 0.29) is 6.03 Å². The van der Waals surface area contributed by atoms with Crippen LogP contribution in [-0.4, -0.2) is 53.7 Å². The van der Waals surface area contributed by atoms with Crippen molar-refractivity contribution >= 4 is 6.03 Å². The molecule has 0 aromatic rings. The molecule has 1 heterocycles. The van der Waals surface area contributed by atoms with E-state index in [0.29, 0.717) is 6.54 Å². The Hall–Kier alpha value is -0.770. The molecule has 0 radical (unpaired) electrons. The Kier molecular flexibility index (Phi) is 2.92. The summed E-state index contributed by atoms with van der Waals surface area (Å²) in [6.45, 7) is 3.74. The molecule has 1 rings (SSSR count). The van der Waals surface area contributed by atoms with Crippen molar-refractivity contribution in [2.24, 2.45) is 0 Å². The van der Waals surface area contributed by atoms with E-state index in [1.165, 1.54) is 0 Å². The molecule has 1 N–H and O–H groups in total. The number of amides is 2. The van der Waals surface area contributed by atoms with E-state index >= 15 is 0 Å². The van der Waals surface area contributed by atoms with E-state index in [0.717, 1.165) is 19.5 Å². The average Bonchev–Trinajstić information content (AvgIpc) is 1.98. The molecule has 1 saturated heterocycles. The van der Waals surface area contributed by atoms with Crippen molar-refractivity contribution in [1.82, 2.24) is 9.80 Å². The van der Waals surface area contributed by atoms with Crippen LogP contribution < -0.4 is 0 Å². The molecule has 0 bridgehead atoms. The molecular formula is C8H16N2O2. The van der Waals surface area contributed by atoms with Gasteiger partial charge in [-0.1, -0.05) is 0 Å². The van der Waals surface area contributed by atoms with Crippen molar-refractivity contribution in [2.75, 3.05) is 26.7 Å². The molecule has 0 spiro atoms. The standard InChI is InChI=1S/C8H16N2O2/c1-7(11)6-10-5-3-4-9(2)8(10)12/h7,11H,3-6H2,1-2H3. The van der Waals surface area contributed by atoms with E-state index < -0.39 is 6.10 Å². The Morgan fingerprint density at radius 2 is 2.25 bits per heavy atom. The van der Waals surface area contributed by atoms with E-state index in [9.17, 15) is 4.79 Å². The molecule has 1 unspecified atom stereocenters. The highest BCUT2D eigenvalue weighted by atomic mass is 16.3. The quantitative estimate of drug-likeness (QED) is 0.643. The second-order valence-electron chi connectivity index (χ2n) is 3.35. The summed E-state index contributed by atoms with van der Waals surface area (Å²) in [5.41, 5.74) is 0. The number of carbonyl (C=O) groups is 1. The summed E-state index contributed by atoms with van der Waals surface area (Å²) in [5, 5.41) is 9.10. The van der Waals surface area contributed by atoms with Gasteiger partial charge in [-0.2, -0.15) is 0 Å². The molecule has 0 aliphatic carbocycles. The van der Waals surface area contributed by atoms with Crippen LogP contribution in [0.2, 0.25) is 0 Å². The molecule has 1 aliphatic rings. The zero-order valence-electron chi connectivity index (χ0n) is 7.66. The lowest BCUT2D eigenvalue weighted by molar-refractivity contribution is 0.100. The molecular weight excluding hydrogens is 156 g/mol. The topological polar surface area (TPSA) is 43.8 Å². The minimum absolute atomic E-state index is 0.0298. The SMILES string of the molecule is CC(O)CN1CCCN(C)C1=O. The van der Waals surface area contributed by atoms with Gasteiger partial charge in [0, 0.05) is 26.7 Å². The zero-order chi connectivity index (χ0) is 9.14. The lowest BCUT2D eigenvalue weighted by Crippen LogP contribution is -2.49. The summed E-state index contributed by atoms with van der Waals surface area (Å²) in [5.74, 6) is 0. The third kappa shape index (κ3) is 2.11. The van der Waals surface area contributed by atoms with Crippen LogP contribution in [0.1, 0.15) is 13.3 Å². The van der Waals surface area contributed by atoms with Gasteiger partial charge in [0.15, 0.2) is 0 Å². The third-order valence-corrected chi connectivity index (χ3v) is 2.00. The van der Waals surface area contributed by atoms with Gasteiger partial charge in [0.05, 0.1) is 6.10 Å². The van der Waals surface area contributed by atoms with Crippen molar-refractivity contribution < 1.29 is 9.90 Å². The van der Waals surface area contributed by atoms with Gasteiger partial charge in [-0.25, -0.2) is 4.79 Å². The summed E-state index contributed by atoms with van der Waals surface area (Å²) < 4.78 is 0. The number of aliphatic hydroxyl groups is 1. The maximum Gasteiger partial charge on any atom is 0.319 e. The van der Waals surface area contributed by atoms with Gasteiger partial charge in [-0.15, -0.1) is 0 Å². The third-order valence-electron chi connectivity index (χ3n) is 2.00. The first kappa shape index (κ1) is 9.32. The van der Waals surface area contributed by atoms with Gasteiger partial charge in [-0.05, 0) is 13.3 Å². The normalized spacial score (nSPS) is 21.4. The maximum absolute atomic E-state index is 11.4. The van der Waals surface area contributed by atoms with Gasteiger partial charge in [0.25, 0.3) is 0 Å². The number of aliphatic hydroxyl groups excluding tert-OH is 1. The maximum atomic E-state index is 11.4. The fraction of sp³-hybridized carbons (Fsp3) is 0.875. The Balaban J connectivity index is 2.46. The average molecular weight is 172 g/mol. The van der Waals surface area contributed by atoms with Gasteiger partial charge in [-0.3, -0.25) is 0 Å². The smallest absolute Gasteiger partial charge is 0.319 e. The molecule has 1 fully saturated rings. The monoisotopic (exact) mass is 172 g/mol. The summed E-state index contributed by atoms with van der Waals surface area (Å²) >= 11 is 0. The number of rotatable bonds is 2. The van der Waals surface area contributed by atoms with Crippen LogP contribution in [0, 0.1) is 0 Å². The molecule has 0 aromatic carbocycles. The number of carbonyl (C=O) groups excluding carboxylic acids is 1. The Labute approximate surface area is 72.8 Å². The van der Waals surface area contributed by atoms with E-state index in [4.69, 9.17) is 5.11 Å². The lowest BCUT2D eigenvalue weighted by atomic mass is 10.2. The number of hydrogen-bond donors (Lipinski definition) is 1. The second kappa shape index (κ2) is 3.76. The number of nitrogens with zero attached hydrogens (tertiary/aromatic N) is 2. The largest absolute Gasteiger partial charge is 0.392 e. The molecule has 1 aliphatic heterocycles. The van der Waals surface area contributed by atoms with E-state index in [1.807, 2.05) is 0 Å². The fourth-order valence-electron chi connectivity index (χ4n) is 1.42. The fourth-order valence-corrected chi connectivity index (χ4v) is 1.42. The molecule has 0 aromatic heterocycles. The first-order valence-electron chi connectivity index (χ1n) is 4.29. The predicted molar refractivity (Wildman–Crippen MR) is 45.9 cm³/mol. The second-order valence-corrected chi connectivity index (χ2v) is 3.35. The van der Waals surface area contributed by atoms with E-state index in [1.54, 1.807) is 23.8 Å². The summed E-state index contributed by atoms with van der Waals surface area (Å²) in [6, 6.07) is 0.0298. The van der Waals surface area contributed by atoms with Crippen molar-refractivity contribution in [3.63, 3.8) is 0 Å². The van der Waals surface area contributed by atoms with Crippen molar-refractivity contribution in [1.29, 1.82) is 0 Å². The van der Waals surface area contributed by atoms with Crippen LogP contribution in [0.4, 0.5) is 4.79 Å². The summed E-state index contributed by atoms with van der Waals surface area (Å²) in [4.78, 5) is 14.8. The Bertz CT molecular complexity index is 170. The number of urea groups is 1. The molecule has 1 atom stereocenters. The molecule has 4 heteroatoms. The zero-order valence-corrected chi connectivity index (χ0v) is 7.66. The van der Waals surface area contributed by atoms with Crippen LogP contribution >= 0.6 is 0 Å². The van der Waals surface area contributed by atoms with Gasteiger partial charge < -0.3 is 14.9 Å². The molecule has 0 saturated carbocycles. The van der Waals surface area contributed by atoms with Crippen molar-refractivity contribution in [3.05, 3.63) is 0 Å². The highest BCUT2D eigenvalue weighted by molar-refractivity contribution is 5.74. The number of β-amino-alcohol motifs (C(OH)–C–C–N with tert-alkyl or cyclic N) is 1. The first-order valence-corrected chi connectivity index (χ1v) is 4.29. The minimum atomic E-state index is -0.430. The van der Waals surface area contributed by atoms with Crippen molar-refractivity contribution in [2.45, 2.75) is 19.4 Å². The van der Waals surface area contributed by atoms with Crippen LogP contribution in [-0.2, 0) is 0 Å². The highest BCUT2D eigenvalue weighted by Gasteiger charge is 2.22. The highest BCUT2D eigenvalue weighted by Crippen LogP contribution is 2.06. The molecule has 70 valence electrons. The summed E-state index contributed by atoms with van der Waals surface area (Å²) in [6.07, 6.45) is 0.565. The van der Waals surface area contributed by atoms with Crippen molar-refractivity contribution in [3.8, 4) is 0 Å². The Morgan fingerprint density at radius 1 is 1.58 bits per heavy atom. The Morgan fingerprint density at radius 3 is 2.83 bits per heavy atom. The minimum Gasteiger partial charge on any atom is -0.392 e. The van der Waals surface area contributed by atoms with Gasteiger partial charge in [0.2, 0.25) is 0 Å². The molecule has 4 nitrogen and oxygen atoms in total. The molecule has 2 amide bonds.